The Morgan fingerprint density at radius 3 is 2.62 bits per heavy atom. The number of carboxylic acid groups (broad SMARTS) is 1. The number of amides is 1. The Kier molecular flexibility index (Phi) is 6.24. The van der Waals surface area contributed by atoms with Crippen molar-refractivity contribution in [2.45, 2.75) is 13.8 Å². The number of carbonyl (C=O) groups is 2. The number of hydrogen-bond donors (Lipinski definition) is 1. The van der Waals surface area contributed by atoms with Crippen molar-refractivity contribution in [3.63, 3.8) is 0 Å². The molecule has 0 aromatic heterocycles. The molecule has 0 radical (unpaired) electrons. The van der Waals surface area contributed by atoms with Crippen molar-refractivity contribution in [1.82, 2.24) is 4.90 Å². The number of nitrogens with zero attached hydrogens (tertiary/aromatic N) is 1. The Morgan fingerprint density at radius 1 is 1.43 bits per heavy atom. The number of benzene rings is 1. The zero-order valence-electron chi connectivity index (χ0n) is 12.1. The number of carboxylic acids is 1. The minimum atomic E-state index is -1.14. The van der Waals surface area contributed by atoms with Crippen molar-refractivity contribution in [3.05, 3.63) is 40.9 Å². The van der Waals surface area contributed by atoms with Gasteiger partial charge in [-0.3, -0.25) is 4.79 Å². The molecule has 0 spiro atoms. The Hall–Kier alpha value is -2.01. The summed E-state index contributed by atoms with van der Waals surface area (Å²) in [5, 5.41) is 9.41. The van der Waals surface area contributed by atoms with E-state index >= 15 is 0 Å². The molecular formula is C15H18ClNO4. The first-order valence-electron chi connectivity index (χ1n) is 6.43. The predicted molar refractivity (Wildman–Crippen MR) is 81.0 cm³/mol. The fraction of sp³-hybridized carbons (Fsp3) is 0.333. The number of carbonyl (C=O) groups excluding carboxylic acids is 1. The van der Waals surface area contributed by atoms with Crippen LogP contribution in [0.2, 0.25) is 5.02 Å². The summed E-state index contributed by atoms with van der Waals surface area (Å²) in [5.74, 6) is -1.30. The van der Waals surface area contributed by atoms with E-state index in [0.717, 1.165) is 5.57 Å². The van der Waals surface area contributed by atoms with Crippen LogP contribution in [0, 0.1) is 0 Å². The summed E-state index contributed by atoms with van der Waals surface area (Å²) in [6, 6.07) is 4.18. The van der Waals surface area contributed by atoms with Gasteiger partial charge in [-0.05, 0) is 32.0 Å². The molecule has 1 rings (SSSR count). The zero-order chi connectivity index (χ0) is 16.0. The number of aromatic carboxylic acids is 1. The summed E-state index contributed by atoms with van der Waals surface area (Å²) in [7, 11) is 0. The van der Waals surface area contributed by atoms with E-state index in [1.165, 1.54) is 18.2 Å². The molecule has 0 saturated heterocycles. The third-order valence-corrected chi connectivity index (χ3v) is 2.96. The fourth-order valence-electron chi connectivity index (χ4n) is 1.73. The van der Waals surface area contributed by atoms with Crippen molar-refractivity contribution in [1.29, 1.82) is 0 Å². The summed E-state index contributed by atoms with van der Waals surface area (Å²) in [5.41, 5.74) is 0.828. The summed E-state index contributed by atoms with van der Waals surface area (Å²) < 4.78 is 5.32. The molecule has 0 heterocycles. The van der Waals surface area contributed by atoms with Crippen LogP contribution in [0.25, 0.3) is 0 Å². The maximum Gasteiger partial charge on any atom is 0.339 e. The van der Waals surface area contributed by atoms with Crippen LogP contribution in [0.1, 0.15) is 24.2 Å². The second-order valence-electron chi connectivity index (χ2n) is 4.60. The molecule has 1 N–H and O–H groups in total. The van der Waals surface area contributed by atoms with Gasteiger partial charge >= 0.3 is 5.97 Å². The molecule has 0 atom stereocenters. The molecule has 0 unspecified atom stereocenters. The lowest BCUT2D eigenvalue weighted by Crippen LogP contribution is -2.36. The second-order valence-corrected chi connectivity index (χ2v) is 5.04. The van der Waals surface area contributed by atoms with Crippen LogP contribution in [-0.2, 0) is 4.79 Å². The highest BCUT2D eigenvalue weighted by atomic mass is 35.5. The molecule has 0 aliphatic carbocycles. The van der Waals surface area contributed by atoms with Gasteiger partial charge in [-0.2, -0.15) is 0 Å². The number of likely N-dealkylation sites (N-methyl/N-ethyl adjacent to an activating group) is 1. The summed E-state index contributed by atoms with van der Waals surface area (Å²) in [6.07, 6.45) is 0. The Balaban J connectivity index is 2.78. The first-order chi connectivity index (χ1) is 9.85. The summed E-state index contributed by atoms with van der Waals surface area (Å²) in [6.45, 7) is 8.16. The number of ether oxygens (including phenoxy) is 1. The molecule has 0 bridgehead atoms. The topological polar surface area (TPSA) is 66.8 Å². The van der Waals surface area contributed by atoms with E-state index in [1.54, 1.807) is 4.90 Å². The fourth-order valence-corrected chi connectivity index (χ4v) is 1.89. The molecule has 6 heteroatoms. The van der Waals surface area contributed by atoms with Gasteiger partial charge in [0, 0.05) is 18.1 Å². The van der Waals surface area contributed by atoms with Crippen molar-refractivity contribution in [2.75, 3.05) is 19.7 Å². The van der Waals surface area contributed by atoms with Crippen LogP contribution in [0.4, 0.5) is 0 Å². The van der Waals surface area contributed by atoms with Gasteiger partial charge in [0.25, 0.3) is 5.91 Å². The third kappa shape index (κ3) is 5.11. The van der Waals surface area contributed by atoms with Gasteiger partial charge in [0.05, 0.1) is 0 Å². The van der Waals surface area contributed by atoms with Gasteiger partial charge in [0.2, 0.25) is 0 Å². The zero-order valence-corrected chi connectivity index (χ0v) is 12.8. The first kappa shape index (κ1) is 17.0. The highest BCUT2D eigenvalue weighted by molar-refractivity contribution is 6.30. The molecule has 0 aliphatic rings. The maximum atomic E-state index is 12.0. The highest BCUT2D eigenvalue weighted by Crippen LogP contribution is 2.23. The Bertz CT molecular complexity index is 557. The molecule has 114 valence electrons. The summed E-state index contributed by atoms with van der Waals surface area (Å²) >= 11 is 5.82. The van der Waals surface area contributed by atoms with E-state index in [0.29, 0.717) is 18.1 Å². The van der Waals surface area contributed by atoms with Crippen LogP contribution in [0.3, 0.4) is 0 Å². The molecule has 0 fully saturated rings. The molecule has 1 amide bonds. The smallest absolute Gasteiger partial charge is 0.339 e. The van der Waals surface area contributed by atoms with E-state index in [1.807, 2.05) is 13.8 Å². The molecule has 5 nitrogen and oxygen atoms in total. The average molecular weight is 312 g/mol. The van der Waals surface area contributed by atoms with E-state index in [4.69, 9.17) is 21.4 Å². The lowest BCUT2D eigenvalue weighted by atomic mass is 10.2. The predicted octanol–water partition coefficient (Wildman–Crippen LogP) is 2.84. The van der Waals surface area contributed by atoms with Crippen LogP contribution in [0.5, 0.6) is 5.75 Å². The van der Waals surface area contributed by atoms with Crippen LogP contribution in [-0.4, -0.2) is 41.6 Å². The number of rotatable bonds is 7. The second kappa shape index (κ2) is 7.69. The van der Waals surface area contributed by atoms with Gasteiger partial charge < -0.3 is 14.7 Å². The Labute approximate surface area is 128 Å². The van der Waals surface area contributed by atoms with Crippen molar-refractivity contribution < 1.29 is 19.4 Å². The first-order valence-corrected chi connectivity index (χ1v) is 6.80. The maximum absolute atomic E-state index is 12.0. The lowest BCUT2D eigenvalue weighted by molar-refractivity contribution is -0.132. The average Bonchev–Trinajstić information content (AvgIpc) is 2.41. The molecule has 0 aliphatic heterocycles. The summed E-state index contributed by atoms with van der Waals surface area (Å²) in [4.78, 5) is 24.7. The number of halogens is 1. The Morgan fingerprint density at radius 2 is 2.10 bits per heavy atom. The lowest BCUT2D eigenvalue weighted by Gasteiger charge is -2.21. The van der Waals surface area contributed by atoms with Gasteiger partial charge in [0.1, 0.15) is 11.3 Å². The normalized spacial score (nSPS) is 10.0. The van der Waals surface area contributed by atoms with Crippen LogP contribution < -0.4 is 4.74 Å². The van der Waals surface area contributed by atoms with Gasteiger partial charge in [-0.15, -0.1) is 0 Å². The van der Waals surface area contributed by atoms with E-state index in [2.05, 4.69) is 6.58 Å². The van der Waals surface area contributed by atoms with Crippen molar-refractivity contribution in [2.24, 2.45) is 0 Å². The minimum absolute atomic E-state index is 0.0323. The molecule has 21 heavy (non-hydrogen) atoms. The van der Waals surface area contributed by atoms with Crippen molar-refractivity contribution in [3.8, 4) is 5.75 Å². The van der Waals surface area contributed by atoms with Crippen LogP contribution in [0.15, 0.2) is 30.4 Å². The highest BCUT2D eigenvalue weighted by Gasteiger charge is 2.16. The van der Waals surface area contributed by atoms with Gasteiger partial charge in [-0.1, -0.05) is 23.8 Å². The van der Waals surface area contributed by atoms with Gasteiger partial charge in [0.15, 0.2) is 6.61 Å². The third-order valence-electron chi connectivity index (χ3n) is 2.72. The largest absolute Gasteiger partial charge is 0.483 e. The van der Waals surface area contributed by atoms with Gasteiger partial charge in [-0.25, -0.2) is 4.79 Å². The van der Waals surface area contributed by atoms with Crippen LogP contribution >= 0.6 is 11.6 Å². The quantitative estimate of drug-likeness (QED) is 0.786. The standard InChI is InChI=1S/C15H18ClNO4/c1-4-17(8-10(2)3)14(18)9-21-13-7-11(16)5-6-12(13)15(19)20/h5-7H,2,4,8-9H2,1,3H3,(H,19,20). The molecule has 1 aromatic rings. The molecular weight excluding hydrogens is 294 g/mol. The van der Waals surface area contributed by atoms with E-state index in [-0.39, 0.29) is 23.8 Å². The monoisotopic (exact) mass is 311 g/mol. The van der Waals surface area contributed by atoms with Crippen molar-refractivity contribution >= 4 is 23.5 Å². The minimum Gasteiger partial charge on any atom is -0.483 e. The SMILES string of the molecule is C=C(C)CN(CC)C(=O)COc1cc(Cl)ccc1C(=O)O. The molecule has 0 saturated carbocycles. The van der Waals surface area contributed by atoms with E-state index in [9.17, 15) is 9.59 Å². The van der Waals surface area contributed by atoms with E-state index < -0.39 is 5.97 Å². The number of hydrogen-bond acceptors (Lipinski definition) is 3. The molecule has 1 aromatic carbocycles.